The Bertz CT molecular complexity index is 1050. The van der Waals surface area contributed by atoms with Crippen molar-refractivity contribution in [2.45, 2.75) is 18.9 Å². The highest BCUT2D eigenvalue weighted by Gasteiger charge is 2.29. The third-order valence-electron chi connectivity index (χ3n) is 4.87. The molecular weight excluding hydrogens is 391 g/mol. The number of benzene rings is 2. The summed E-state index contributed by atoms with van der Waals surface area (Å²) in [5, 5.41) is 6.73. The zero-order chi connectivity index (χ0) is 20.4. The summed E-state index contributed by atoms with van der Waals surface area (Å²) in [6.45, 7) is 0.303. The van der Waals surface area contributed by atoms with Crippen molar-refractivity contribution in [1.29, 1.82) is 0 Å². The number of carbonyl (C=O) groups is 2. The van der Waals surface area contributed by atoms with Gasteiger partial charge in [-0.25, -0.2) is 4.39 Å². The molecule has 1 aliphatic heterocycles. The average Bonchev–Trinajstić information content (AvgIpc) is 3.37. The van der Waals surface area contributed by atoms with Gasteiger partial charge in [0, 0.05) is 23.1 Å². The quantitative estimate of drug-likeness (QED) is 0.654. The van der Waals surface area contributed by atoms with Gasteiger partial charge in [-0.2, -0.15) is 11.3 Å². The number of thiophene rings is 1. The van der Waals surface area contributed by atoms with Gasteiger partial charge in [0.1, 0.15) is 17.7 Å². The lowest BCUT2D eigenvalue weighted by molar-refractivity contribution is -0.120. The molecule has 0 saturated carbocycles. The summed E-state index contributed by atoms with van der Waals surface area (Å²) in [6, 6.07) is 11.8. The Labute approximate surface area is 171 Å². The molecule has 148 valence electrons. The van der Waals surface area contributed by atoms with E-state index in [1.54, 1.807) is 41.7 Å². The minimum atomic E-state index is -0.504. The summed E-state index contributed by atoms with van der Waals surface area (Å²) in [5.41, 5.74) is 8.69. The smallest absolute Gasteiger partial charge is 0.248 e. The molecule has 0 aliphatic carbocycles. The molecule has 2 amide bonds. The van der Waals surface area contributed by atoms with Crippen LogP contribution in [0.2, 0.25) is 0 Å². The van der Waals surface area contributed by atoms with Crippen molar-refractivity contribution < 1.29 is 18.7 Å². The lowest BCUT2D eigenvalue weighted by Crippen LogP contribution is -2.35. The lowest BCUT2D eigenvalue weighted by Gasteiger charge is -2.14. The highest BCUT2D eigenvalue weighted by atomic mass is 32.1. The van der Waals surface area contributed by atoms with Crippen molar-refractivity contribution in [3.8, 4) is 16.9 Å². The molecule has 5 nitrogen and oxygen atoms in total. The first-order chi connectivity index (χ1) is 14.0. The van der Waals surface area contributed by atoms with Crippen LogP contribution in [0, 0.1) is 5.82 Å². The second kappa shape index (κ2) is 8.05. The van der Waals surface area contributed by atoms with Crippen molar-refractivity contribution in [2.75, 3.05) is 6.54 Å². The van der Waals surface area contributed by atoms with E-state index in [0.717, 1.165) is 16.7 Å². The number of rotatable bonds is 6. The lowest BCUT2D eigenvalue weighted by atomic mass is 9.99. The van der Waals surface area contributed by atoms with Crippen LogP contribution in [0.15, 0.2) is 53.2 Å². The van der Waals surface area contributed by atoms with Gasteiger partial charge < -0.3 is 15.8 Å². The summed E-state index contributed by atoms with van der Waals surface area (Å²) in [6.07, 6.45) is 0.360. The highest BCUT2D eigenvalue weighted by molar-refractivity contribution is 7.08. The molecule has 1 atom stereocenters. The van der Waals surface area contributed by atoms with Crippen molar-refractivity contribution >= 4 is 23.2 Å². The number of fused-ring (bicyclic) bond motifs is 1. The van der Waals surface area contributed by atoms with Gasteiger partial charge >= 0.3 is 0 Å². The Morgan fingerprint density at radius 1 is 1.17 bits per heavy atom. The van der Waals surface area contributed by atoms with Gasteiger partial charge in [0.25, 0.3) is 0 Å². The minimum absolute atomic E-state index is 0.0920. The van der Waals surface area contributed by atoms with E-state index in [1.807, 2.05) is 16.8 Å². The van der Waals surface area contributed by atoms with Crippen LogP contribution in [0.5, 0.6) is 5.75 Å². The maximum atomic E-state index is 14.4. The maximum Gasteiger partial charge on any atom is 0.248 e. The highest BCUT2D eigenvalue weighted by Crippen LogP contribution is 2.40. The van der Waals surface area contributed by atoms with E-state index in [9.17, 15) is 14.0 Å². The Morgan fingerprint density at radius 3 is 2.66 bits per heavy atom. The third-order valence-corrected chi connectivity index (χ3v) is 5.60. The van der Waals surface area contributed by atoms with Crippen LogP contribution in [0.25, 0.3) is 11.1 Å². The van der Waals surface area contributed by atoms with Crippen molar-refractivity contribution in [1.82, 2.24) is 5.32 Å². The summed E-state index contributed by atoms with van der Waals surface area (Å²) >= 11 is 1.55. The van der Waals surface area contributed by atoms with E-state index >= 15 is 0 Å². The third kappa shape index (κ3) is 4.14. The number of primary amides is 1. The number of hydrogen-bond acceptors (Lipinski definition) is 4. The molecule has 3 aromatic rings. The van der Waals surface area contributed by atoms with E-state index < -0.39 is 5.91 Å². The number of halogens is 1. The van der Waals surface area contributed by atoms with Gasteiger partial charge in [0.2, 0.25) is 11.8 Å². The second-order valence-corrected chi connectivity index (χ2v) is 7.68. The Balaban J connectivity index is 1.47. The molecule has 0 unspecified atom stereocenters. The first kappa shape index (κ1) is 19.1. The van der Waals surface area contributed by atoms with Crippen molar-refractivity contribution in [3.63, 3.8) is 0 Å². The molecule has 0 fully saturated rings. The number of carbonyl (C=O) groups excluding carboxylic acids is 2. The number of ether oxygens (including phenoxy) is 1. The van der Waals surface area contributed by atoms with Crippen molar-refractivity contribution in [3.05, 3.63) is 75.7 Å². The number of hydrogen-bond donors (Lipinski definition) is 2. The minimum Gasteiger partial charge on any atom is -0.487 e. The van der Waals surface area contributed by atoms with Gasteiger partial charge in [0.05, 0.1) is 13.0 Å². The fraction of sp³-hybridized carbons (Fsp3) is 0.182. The first-order valence-corrected chi connectivity index (χ1v) is 10.1. The molecule has 7 heteroatoms. The number of nitrogens with one attached hydrogen (secondary N) is 1. The SMILES string of the molecule is NC(=O)c1ccc(-c2ccc(F)c3c2O[C@H](CNC(=O)Cc2ccsc2)C3)cc1. The monoisotopic (exact) mass is 410 g/mol. The van der Waals surface area contributed by atoms with E-state index in [1.165, 1.54) is 6.07 Å². The summed E-state index contributed by atoms with van der Waals surface area (Å²) in [4.78, 5) is 23.4. The zero-order valence-corrected chi connectivity index (χ0v) is 16.3. The van der Waals surface area contributed by atoms with E-state index in [-0.39, 0.29) is 17.8 Å². The normalized spacial score (nSPS) is 14.9. The van der Waals surface area contributed by atoms with Gasteiger partial charge in [-0.05, 0) is 52.2 Å². The molecule has 2 aromatic carbocycles. The van der Waals surface area contributed by atoms with Crippen LogP contribution in [0.3, 0.4) is 0 Å². The number of amides is 2. The van der Waals surface area contributed by atoms with Crippen LogP contribution in [0.1, 0.15) is 21.5 Å². The predicted molar refractivity (Wildman–Crippen MR) is 110 cm³/mol. The van der Waals surface area contributed by atoms with Crippen LogP contribution in [-0.2, 0) is 17.6 Å². The van der Waals surface area contributed by atoms with E-state index in [2.05, 4.69) is 5.32 Å². The Kier molecular flexibility index (Phi) is 5.31. The zero-order valence-electron chi connectivity index (χ0n) is 15.5. The van der Waals surface area contributed by atoms with Crippen LogP contribution in [-0.4, -0.2) is 24.5 Å². The average molecular weight is 410 g/mol. The molecule has 0 spiro atoms. The second-order valence-electron chi connectivity index (χ2n) is 6.90. The summed E-state index contributed by atoms with van der Waals surface area (Å²) < 4.78 is 20.3. The Morgan fingerprint density at radius 2 is 1.97 bits per heavy atom. The molecule has 0 bridgehead atoms. The molecule has 3 N–H and O–H groups in total. The topological polar surface area (TPSA) is 81.4 Å². The molecule has 0 radical (unpaired) electrons. The summed E-state index contributed by atoms with van der Waals surface area (Å²) in [5.74, 6) is -0.445. The largest absolute Gasteiger partial charge is 0.487 e. The van der Waals surface area contributed by atoms with Crippen LogP contribution >= 0.6 is 11.3 Å². The van der Waals surface area contributed by atoms with Gasteiger partial charge in [-0.1, -0.05) is 12.1 Å². The molecule has 29 heavy (non-hydrogen) atoms. The van der Waals surface area contributed by atoms with E-state index in [4.69, 9.17) is 10.5 Å². The predicted octanol–water partition coefficient (Wildman–Crippen LogP) is 3.32. The van der Waals surface area contributed by atoms with Gasteiger partial charge in [-0.15, -0.1) is 0 Å². The summed E-state index contributed by atoms with van der Waals surface area (Å²) in [7, 11) is 0. The van der Waals surface area contributed by atoms with Crippen LogP contribution in [0.4, 0.5) is 4.39 Å². The molecule has 4 rings (SSSR count). The molecule has 1 aromatic heterocycles. The van der Waals surface area contributed by atoms with E-state index in [0.29, 0.717) is 36.3 Å². The molecule has 0 saturated heterocycles. The fourth-order valence-electron chi connectivity index (χ4n) is 3.39. The molecule has 1 aliphatic rings. The van der Waals surface area contributed by atoms with Gasteiger partial charge in [-0.3, -0.25) is 9.59 Å². The number of nitrogens with two attached hydrogens (primary N) is 1. The first-order valence-electron chi connectivity index (χ1n) is 9.17. The standard InChI is InChI=1S/C22H19FN2O3S/c23-19-6-5-17(14-1-3-15(4-2-14)22(24)27)21-18(19)10-16(28-21)11-25-20(26)9-13-7-8-29-12-13/h1-8,12,16H,9-11H2,(H2,24,27)(H,25,26)/t16-/m0/s1. The molecule has 2 heterocycles. The van der Waals surface area contributed by atoms with Crippen molar-refractivity contribution in [2.24, 2.45) is 5.73 Å². The molecular formula is C22H19FN2O3S. The maximum absolute atomic E-state index is 14.4. The fourth-order valence-corrected chi connectivity index (χ4v) is 4.06. The van der Waals surface area contributed by atoms with Crippen LogP contribution < -0.4 is 15.8 Å². The van der Waals surface area contributed by atoms with Gasteiger partial charge in [0.15, 0.2) is 0 Å². The Hall–Kier alpha value is -3.19.